The molecule has 54 valence electrons. The van der Waals surface area contributed by atoms with Crippen molar-refractivity contribution in [3.63, 3.8) is 0 Å². The molecule has 0 spiro atoms. The molecule has 1 nitrogen and oxygen atoms in total. The fourth-order valence-corrected chi connectivity index (χ4v) is 2.02. The van der Waals surface area contributed by atoms with E-state index in [-0.39, 0.29) is 0 Å². The molecule has 0 aliphatic carbocycles. The van der Waals surface area contributed by atoms with Crippen molar-refractivity contribution >= 4 is 22.9 Å². The van der Waals surface area contributed by atoms with Gasteiger partial charge in [0.15, 0.2) is 0 Å². The Morgan fingerprint density at radius 2 is 2.50 bits per heavy atom. The van der Waals surface area contributed by atoms with E-state index in [4.69, 9.17) is 11.6 Å². The van der Waals surface area contributed by atoms with Crippen molar-refractivity contribution in [2.75, 3.05) is 6.54 Å². The molecular weight excluding hydrogens is 166 g/mol. The lowest BCUT2D eigenvalue weighted by Gasteiger charge is -2.26. The summed E-state index contributed by atoms with van der Waals surface area (Å²) < 4.78 is 0.892. The van der Waals surface area contributed by atoms with Gasteiger partial charge in [-0.3, -0.25) is 0 Å². The Morgan fingerprint density at radius 3 is 2.90 bits per heavy atom. The van der Waals surface area contributed by atoms with Crippen molar-refractivity contribution in [2.45, 2.75) is 12.5 Å². The Morgan fingerprint density at radius 1 is 1.70 bits per heavy atom. The first-order chi connectivity index (χ1) is 4.86. The molecule has 10 heavy (non-hydrogen) atoms. The van der Waals surface area contributed by atoms with Crippen LogP contribution in [0.25, 0.3) is 0 Å². The fourth-order valence-electron chi connectivity index (χ4n) is 1.08. The van der Waals surface area contributed by atoms with Crippen molar-refractivity contribution in [3.8, 4) is 0 Å². The predicted octanol–water partition coefficient (Wildman–Crippen LogP) is 2.44. The number of halogens is 1. The number of hydrogen-bond donors (Lipinski definition) is 1. The van der Waals surface area contributed by atoms with E-state index in [0.29, 0.717) is 6.04 Å². The van der Waals surface area contributed by atoms with Gasteiger partial charge >= 0.3 is 0 Å². The van der Waals surface area contributed by atoms with Crippen LogP contribution in [0.5, 0.6) is 0 Å². The second kappa shape index (κ2) is 2.53. The van der Waals surface area contributed by atoms with Gasteiger partial charge in [0.2, 0.25) is 0 Å². The van der Waals surface area contributed by atoms with Crippen LogP contribution in [-0.2, 0) is 0 Å². The summed E-state index contributed by atoms with van der Waals surface area (Å²) in [6.45, 7) is 1.15. The lowest BCUT2D eigenvalue weighted by molar-refractivity contribution is 0.384. The third-order valence-corrected chi connectivity index (χ3v) is 2.92. The highest BCUT2D eigenvalue weighted by atomic mass is 35.5. The topological polar surface area (TPSA) is 12.0 Å². The Hall–Kier alpha value is -0.0500. The van der Waals surface area contributed by atoms with Gasteiger partial charge in [0.1, 0.15) is 0 Å². The van der Waals surface area contributed by atoms with Crippen LogP contribution in [0.2, 0.25) is 4.34 Å². The molecule has 1 aliphatic heterocycles. The van der Waals surface area contributed by atoms with Crippen molar-refractivity contribution in [2.24, 2.45) is 0 Å². The second-order valence-electron chi connectivity index (χ2n) is 2.48. The van der Waals surface area contributed by atoms with Crippen LogP contribution in [0, 0.1) is 0 Å². The van der Waals surface area contributed by atoms with Crippen LogP contribution in [-0.4, -0.2) is 6.54 Å². The highest BCUT2D eigenvalue weighted by molar-refractivity contribution is 7.14. The number of thiophene rings is 1. The summed E-state index contributed by atoms with van der Waals surface area (Å²) in [5.41, 5.74) is 1.35. The van der Waals surface area contributed by atoms with Gasteiger partial charge in [0, 0.05) is 6.04 Å². The van der Waals surface area contributed by atoms with E-state index in [9.17, 15) is 0 Å². The standard InChI is InChI=1S/C7H8ClNS/c8-7-3-5(4-10-7)6-1-2-9-6/h3-4,6,9H,1-2H2. The smallest absolute Gasteiger partial charge is 0.0931 e. The summed E-state index contributed by atoms with van der Waals surface area (Å²) >= 11 is 7.38. The molecule has 1 aromatic rings. The van der Waals surface area contributed by atoms with Crippen molar-refractivity contribution in [1.82, 2.24) is 5.32 Å². The zero-order chi connectivity index (χ0) is 6.97. The van der Waals surface area contributed by atoms with Gasteiger partial charge in [-0.25, -0.2) is 0 Å². The van der Waals surface area contributed by atoms with Gasteiger partial charge in [-0.15, -0.1) is 11.3 Å². The molecular formula is C7H8ClNS. The summed E-state index contributed by atoms with van der Waals surface area (Å²) in [4.78, 5) is 0. The van der Waals surface area contributed by atoms with E-state index in [1.807, 2.05) is 6.07 Å². The molecule has 1 saturated heterocycles. The quantitative estimate of drug-likeness (QED) is 0.688. The molecule has 1 N–H and O–H groups in total. The normalized spacial score (nSPS) is 24.3. The minimum Gasteiger partial charge on any atom is -0.310 e. The lowest BCUT2D eigenvalue weighted by Crippen LogP contribution is -2.34. The first-order valence-electron chi connectivity index (χ1n) is 3.33. The molecule has 2 heterocycles. The van der Waals surface area contributed by atoms with Gasteiger partial charge in [-0.05, 0) is 30.0 Å². The average Bonchev–Trinajstić information content (AvgIpc) is 2.10. The molecule has 0 saturated carbocycles. The number of nitrogens with one attached hydrogen (secondary N) is 1. The van der Waals surface area contributed by atoms with E-state index < -0.39 is 0 Å². The molecule has 0 aromatic carbocycles. The average molecular weight is 174 g/mol. The third kappa shape index (κ3) is 1.07. The molecule has 0 radical (unpaired) electrons. The van der Waals surface area contributed by atoms with E-state index in [0.717, 1.165) is 10.9 Å². The van der Waals surface area contributed by atoms with Gasteiger partial charge in [-0.2, -0.15) is 0 Å². The van der Waals surface area contributed by atoms with E-state index in [1.54, 1.807) is 11.3 Å². The van der Waals surface area contributed by atoms with Gasteiger partial charge in [0.05, 0.1) is 4.34 Å². The maximum absolute atomic E-state index is 5.78. The summed E-state index contributed by atoms with van der Waals surface area (Å²) in [7, 11) is 0. The summed E-state index contributed by atoms with van der Waals surface area (Å²) in [5.74, 6) is 0. The zero-order valence-electron chi connectivity index (χ0n) is 5.43. The molecule has 0 bridgehead atoms. The molecule has 3 heteroatoms. The van der Waals surface area contributed by atoms with Crippen LogP contribution in [0.4, 0.5) is 0 Å². The minimum absolute atomic E-state index is 0.587. The number of hydrogen-bond acceptors (Lipinski definition) is 2. The van der Waals surface area contributed by atoms with Gasteiger partial charge < -0.3 is 5.32 Å². The highest BCUT2D eigenvalue weighted by Gasteiger charge is 2.18. The Kier molecular flexibility index (Phi) is 1.68. The fraction of sp³-hybridized carbons (Fsp3) is 0.429. The maximum Gasteiger partial charge on any atom is 0.0931 e. The van der Waals surface area contributed by atoms with E-state index in [1.165, 1.54) is 12.0 Å². The SMILES string of the molecule is Clc1cc(C2CCN2)cs1. The Bertz CT molecular complexity index is 229. The van der Waals surface area contributed by atoms with Crippen molar-refractivity contribution in [1.29, 1.82) is 0 Å². The van der Waals surface area contributed by atoms with Crippen LogP contribution in [0.1, 0.15) is 18.0 Å². The summed E-state index contributed by atoms with van der Waals surface area (Å²) in [6, 6.07) is 2.63. The molecule has 2 rings (SSSR count). The molecule has 1 unspecified atom stereocenters. The Balaban J connectivity index is 2.17. The zero-order valence-corrected chi connectivity index (χ0v) is 7.00. The monoisotopic (exact) mass is 173 g/mol. The first kappa shape index (κ1) is 6.65. The number of rotatable bonds is 1. The largest absolute Gasteiger partial charge is 0.310 e. The molecule has 1 atom stereocenters. The van der Waals surface area contributed by atoms with E-state index >= 15 is 0 Å². The van der Waals surface area contributed by atoms with Gasteiger partial charge in [0.25, 0.3) is 0 Å². The van der Waals surface area contributed by atoms with Crippen LogP contribution >= 0.6 is 22.9 Å². The second-order valence-corrected chi connectivity index (χ2v) is 4.02. The Labute approximate surface area is 69.0 Å². The summed E-state index contributed by atoms with van der Waals surface area (Å²) in [5, 5.41) is 5.45. The van der Waals surface area contributed by atoms with Crippen LogP contribution < -0.4 is 5.32 Å². The van der Waals surface area contributed by atoms with Crippen LogP contribution in [0.3, 0.4) is 0 Å². The highest BCUT2D eigenvalue weighted by Crippen LogP contribution is 2.29. The minimum atomic E-state index is 0.587. The molecule has 1 aromatic heterocycles. The van der Waals surface area contributed by atoms with Gasteiger partial charge in [-0.1, -0.05) is 11.6 Å². The van der Waals surface area contributed by atoms with Crippen molar-refractivity contribution in [3.05, 3.63) is 21.3 Å². The maximum atomic E-state index is 5.78. The predicted molar refractivity (Wildman–Crippen MR) is 44.7 cm³/mol. The first-order valence-corrected chi connectivity index (χ1v) is 4.59. The summed E-state index contributed by atoms with van der Waals surface area (Å²) in [6.07, 6.45) is 1.26. The lowest BCUT2D eigenvalue weighted by atomic mass is 10.0. The third-order valence-electron chi connectivity index (χ3n) is 1.81. The molecule has 1 aliphatic rings. The van der Waals surface area contributed by atoms with E-state index in [2.05, 4.69) is 10.7 Å². The van der Waals surface area contributed by atoms with Crippen LogP contribution in [0.15, 0.2) is 11.4 Å². The molecule has 0 amide bonds. The van der Waals surface area contributed by atoms with Crippen molar-refractivity contribution < 1.29 is 0 Å². The molecule has 1 fully saturated rings.